The average Bonchev–Trinajstić information content (AvgIpc) is 2.75. The predicted octanol–water partition coefficient (Wildman–Crippen LogP) is 0.518. The fourth-order valence-electron chi connectivity index (χ4n) is 1.12. The number of aldehydes is 1. The van der Waals surface area contributed by atoms with Crippen LogP contribution in [0.2, 0.25) is 0 Å². The van der Waals surface area contributed by atoms with Crippen molar-refractivity contribution in [3.05, 3.63) is 21.9 Å². The van der Waals surface area contributed by atoms with Crippen molar-refractivity contribution < 1.29 is 24.5 Å². The van der Waals surface area contributed by atoms with Gasteiger partial charge in [-0.1, -0.05) is 0 Å². The normalized spacial score (nSPS) is 14.2. The van der Waals surface area contributed by atoms with Gasteiger partial charge in [0.2, 0.25) is 0 Å². The van der Waals surface area contributed by atoms with Gasteiger partial charge in [0.15, 0.2) is 12.4 Å². The second-order valence-electron chi connectivity index (χ2n) is 3.04. The van der Waals surface area contributed by atoms with Gasteiger partial charge in [-0.25, -0.2) is 4.79 Å². The van der Waals surface area contributed by atoms with Gasteiger partial charge >= 0.3 is 5.97 Å². The summed E-state index contributed by atoms with van der Waals surface area (Å²) in [5.74, 6) is -0.881. The van der Waals surface area contributed by atoms with Crippen LogP contribution in [0.5, 0.6) is 0 Å². The van der Waals surface area contributed by atoms with Crippen LogP contribution < -0.4 is 0 Å². The van der Waals surface area contributed by atoms with Crippen LogP contribution >= 0.6 is 11.3 Å². The van der Waals surface area contributed by atoms with Crippen LogP contribution in [0.4, 0.5) is 0 Å². The summed E-state index contributed by atoms with van der Waals surface area (Å²) < 4.78 is 4.56. The molecule has 1 heterocycles. The third-order valence-corrected chi connectivity index (χ3v) is 2.80. The first kappa shape index (κ1) is 12.8. The second-order valence-corrected chi connectivity index (χ2v) is 3.98. The molecule has 2 N–H and O–H groups in total. The molecule has 6 heteroatoms. The van der Waals surface area contributed by atoms with E-state index in [4.69, 9.17) is 0 Å². The lowest BCUT2D eigenvalue weighted by molar-refractivity contribution is -0.159. The van der Waals surface area contributed by atoms with Gasteiger partial charge in [-0.2, -0.15) is 0 Å². The number of hydrogen-bond acceptors (Lipinski definition) is 6. The van der Waals surface area contributed by atoms with E-state index < -0.39 is 18.2 Å². The summed E-state index contributed by atoms with van der Waals surface area (Å²) in [7, 11) is 0. The molecule has 0 saturated carbocycles. The highest BCUT2D eigenvalue weighted by molar-refractivity contribution is 7.11. The minimum Gasteiger partial charge on any atom is -0.464 e. The molecule has 88 valence electrons. The highest BCUT2D eigenvalue weighted by atomic mass is 32.1. The molecule has 1 aromatic rings. The molecule has 0 aliphatic rings. The molecule has 0 amide bonds. The van der Waals surface area contributed by atoms with Gasteiger partial charge in [-0.15, -0.1) is 11.3 Å². The number of esters is 1. The van der Waals surface area contributed by atoms with Crippen molar-refractivity contribution in [2.24, 2.45) is 0 Å². The van der Waals surface area contributed by atoms with Crippen LogP contribution in [0.3, 0.4) is 0 Å². The highest BCUT2D eigenvalue weighted by Gasteiger charge is 2.27. The van der Waals surface area contributed by atoms with Crippen molar-refractivity contribution in [1.82, 2.24) is 0 Å². The SMILES string of the molecule is CCOC(=O)C(O)C(O)c1csc(C=O)c1. The number of hydrogen-bond donors (Lipinski definition) is 2. The van der Waals surface area contributed by atoms with Crippen molar-refractivity contribution in [3.63, 3.8) is 0 Å². The van der Waals surface area contributed by atoms with Gasteiger partial charge < -0.3 is 14.9 Å². The molecule has 0 fully saturated rings. The minimum atomic E-state index is -1.63. The van der Waals surface area contributed by atoms with Crippen LogP contribution in [0.25, 0.3) is 0 Å². The van der Waals surface area contributed by atoms with E-state index in [0.717, 1.165) is 11.3 Å². The number of thiophene rings is 1. The van der Waals surface area contributed by atoms with Crippen molar-refractivity contribution in [3.8, 4) is 0 Å². The van der Waals surface area contributed by atoms with E-state index >= 15 is 0 Å². The maximum atomic E-state index is 11.1. The van der Waals surface area contributed by atoms with Gasteiger partial charge in [0, 0.05) is 0 Å². The predicted molar refractivity (Wildman–Crippen MR) is 57.3 cm³/mol. The lowest BCUT2D eigenvalue weighted by atomic mass is 10.1. The smallest absolute Gasteiger partial charge is 0.338 e. The average molecular weight is 244 g/mol. The Labute approximate surface area is 96.3 Å². The van der Waals surface area contributed by atoms with E-state index in [1.807, 2.05) is 0 Å². The Morgan fingerprint density at radius 2 is 2.31 bits per heavy atom. The topological polar surface area (TPSA) is 83.8 Å². The van der Waals surface area contributed by atoms with Crippen molar-refractivity contribution in [2.45, 2.75) is 19.1 Å². The fraction of sp³-hybridized carbons (Fsp3) is 0.400. The van der Waals surface area contributed by atoms with Gasteiger partial charge in [-0.05, 0) is 23.9 Å². The quantitative estimate of drug-likeness (QED) is 0.582. The summed E-state index contributed by atoms with van der Waals surface area (Å²) in [6.45, 7) is 1.73. The zero-order valence-electron chi connectivity index (χ0n) is 8.62. The van der Waals surface area contributed by atoms with Crippen LogP contribution in [0, 0.1) is 0 Å². The van der Waals surface area contributed by atoms with Crippen molar-refractivity contribution >= 4 is 23.6 Å². The lowest BCUT2D eigenvalue weighted by Gasteiger charge is -2.14. The van der Waals surface area contributed by atoms with Gasteiger partial charge in [-0.3, -0.25) is 4.79 Å². The number of ether oxygens (including phenoxy) is 1. The first-order chi connectivity index (χ1) is 7.60. The van der Waals surface area contributed by atoms with Gasteiger partial charge in [0.1, 0.15) is 6.10 Å². The molecule has 0 spiro atoms. The van der Waals surface area contributed by atoms with Gasteiger partial charge in [0.25, 0.3) is 0 Å². The van der Waals surface area contributed by atoms with E-state index in [1.54, 1.807) is 6.92 Å². The summed E-state index contributed by atoms with van der Waals surface area (Å²) in [6.07, 6.45) is -2.37. The third-order valence-electron chi connectivity index (χ3n) is 1.92. The van der Waals surface area contributed by atoms with Gasteiger partial charge in [0.05, 0.1) is 11.5 Å². The molecule has 0 aliphatic heterocycles. The van der Waals surface area contributed by atoms with Crippen molar-refractivity contribution in [1.29, 1.82) is 0 Å². The van der Waals surface area contributed by atoms with E-state index in [9.17, 15) is 19.8 Å². The minimum absolute atomic E-state index is 0.131. The molecule has 0 radical (unpaired) electrons. The first-order valence-corrected chi connectivity index (χ1v) is 5.54. The maximum Gasteiger partial charge on any atom is 0.338 e. The third kappa shape index (κ3) is 2.88. The lowest BCUT2D eigenvalue weighted by Crippen LogP contribution is -2.29. The standard InChI is InChI=1S/C10H12O5S/c1-2-15-10(14)9(13)8(12)6-3-7(4-11)16-5-6/h3-5,8-9,12-13H,2H2,1H3. The number of carbonyl (C=O) groups excluding carboxylic acids is 2. The first-order valence-electron chi connectivity index (χ1n) is 4.66. The van der Waals surface area contributed by atoms with Crippen LogP contribution in [-0.2, 0) is 9.53 Å². The molecule has 5 nitrogen and oxygen atoms in total. The van der Waals surface area contributed by atoms with Crippen LogP contribution in [-0.4, -0.2) is 35.2 Å². The summed E-state index contributed by atoms with van der Waals surface area (Å²) in [6, 6.07) is 1.42. The molecule has 2 unspecified atom stereocenters. The molecule has 1 aromatic heterocycles. The molecular weight excluding hydrogens is 232 g/mol. The summed E-state index contributed by atoms with van der Waals surface area (Å²) in [5.41, 5.74) is 0.327. The molecule has 1 rings (SSSR count). The maximum absolute atomic E-state index is 11.1. The molecule has 0 saturated heterocycles. The molecule has 0 bridgehead atoms. The Bertz CT molecular complexity index is 373. The number of aliphatic hydroxyl groups excluding tert-OH is 2. The molecular formula is C10H12O5S. The summed E-state index contributed by atoms with van der Waals surface area (Å²) >= 11 is 1.13. The molecule has 16 heavy (non-hydrogen) atoms. The van der Waals surface area contributed by atoms with Crippen LogP contribution in [0.15, 0.2) is 11.4 Å². The Balaban J connectivity index is 2.72. The molecule has 0 aliphatic carbocycles. The summed E-state index contributed by atoms with van der Waals surface area (Å²) in [4.78, 5) is 22.0. The number of carbonyl (C=O) groups is 2. The van der Waals surface area contributed by atoms with Crippen LogP contribution in [0.1, 0.15) is 28.3 Å². The number of aliphatic hydroxyl groups is 2. The van der Waals surface area contributed by atoms with E-state index in [0.29, 0.717) is 16.7 Å². The Kier molecular flexibility index (Phi) is 4.60. The Morgan fingerprint density at radius 3 is 2.81 bits per heavy atom. The van der Waals surface area contributed by atoms with E-state index in [-0.39, 0.29) is 6.61 Å². The van der Waals surface area contributed by atoms with Crippen molar-refractivity contribution in [2.75, 3.05) is 6.61 Å². The fourth-order valence-corrected chi connectivity index (χ4v) is 1.86. The van der Waals surface area contributed by atoms with E-state index in [2.05, 4.69) is 4.74 Å². The largest absolute Gasteiger partial charge is 0.464 e. The molecule has 0 aromatic carbocycles. The summed E-state index contributed by atoms with van der Waals surface area (Å²) in [5, 5.41) is 20.6. The number of rotatable bonds is 5. The monoisotopic (exact) mass is 244 g/mol. The molecule has 2 atom stereocenters. The zero-order chi connectivity index (χ0) is 12.1. The zero-order valence-corrected chi connectivity index (χ0v) is 9.44. The Hall–Kier alpha value is -1.24. The van der Waals surface area contributed by atoms with E-state index in [1.165, 1.54) is 11.4 Å². The highest BCUT2D eigenvalue weighted by Crippen LogP contribution is 2.23. The Morgan fingerprint density at radius 1 is 1.62 bits per heavy atom. The second kappa shape index (κ2) is 5.74.